The minimum Gasteiger partial charge on any atom is -0.480 e. The van der Waals surface area contributed by atoms with E-state index >= 15 is 0 Å². The number of likely N-dealkylation sites (tertiary alicyclic amines) is 2. The average Bonchev–Trinajstić information content (AvgIpc) is 3.19. The maximum absolute atomic E-state index is 12.2. The Bertz CT molecular complexity index is 875. The Labute approximate surface area is 178 Å². The third-order valence-electron chi connectivity index (χ3n) is 6.54. The van der Waals surface area contributed by atoms with E-state index in [0.29, 0.717) is 12.3 Å². The van der Waals surface area contributed by atoms with Gasteiger partial charge in [-0.05, 0) is 67.4 Å². The number of rotatable bonds is 7. The quantitative estimate of drug-likeness (QED) is 0.748. The van der Waals surface area contributed by atoms with Crippen LogP contribution < -0.4 is 0 Å². The van der Waals surface area contributed by atoms with Crippen LogP contribution in [0.3, 0.4) is 0 Å². The number of carbonyl (C=O) groups excluding carboxylic acids is 1. The summed E-state index contributed by atoms with van der Waals surface area (Å²) >= 11 is 0. The molecule has 2 aromatic carbocycles. The van der Waals surface area contributed by atoms with Crippen LogP contribution in [0.4, 0.5) is 0 Å². The number of carboxylic acid groups (broad SMARTS) is 1. The van der Waals surface area contributed by atoms with Crippen LogP contribution in [0, 0.1) is 5.92 Å². The average molecular weight is 407 g/mol. The molecular formula is C25H30N2O3. The second-order valence-electron chi connectivity index (χ2n) is 8.48. The summed E-state index contributed by atoms with van der Waals surface area (Å²) in [6.45, 7) is 3.32. The van der Waals surface area contributed by atoms with E-state index in [-0.39, 0.29) is 5.91 Å². The lowest BCUT2D eigenvalue weighted by Gasteiger charge is -2.36. The molecule has 1 atom stereocenters. The molecule has 0 radical (unpaired) electrons. The van der Waals surface area contributed by atoms with E-state index in [1.165, 1.54) is 0 Å². The first-order valence-corrected chi connectivity index (χ1v) is 11.0. The Morgan fingerprint density at radius 3 is 2.40 bits per heavy atom. The molecule has 1 N–H and O–H groups in total. The van der Waals surface area contributed by atoms with Crippen LogP contribution in [0.2, 0.25) is 0 Å². The van der Waals surface area contributed by atoms with Crippen molar-refractivity contribution in [2.75, 3.05) is 26.2 Å². The highest BCUT2D eigenvalue weighted by Gasteiger charge is 2.31. The molecular weight excluding hydrogens is 376 g/mol. The van der Waals surface area contributed by atoms with Crippen molar-refractivity contribution in [3.05, 3.63) is 60.2 Å². The molecule has 5 heteroatoms. The van der Waals surface area contributed by atoms with Crippen molar-refractivity contribution in [2.45, 2.75) is 38.1 Å². The van der Waals surface area contributed by atoms with Crippen molar-refractivity contribution in [1.29, 1.82) is 0 Å². The molecule has 1 unspecified atom stereocenters. The van der Waals surface area contributed by atoms with Crippen molar-refractivity contribution in [3.63, 3.8) is 0 Å². The molecule has 2 aliphatic heterocycles. The lowest BCUT2D eigenvalue weighted by Crippen LogP contribution is -2.40. The number of carbonyl (C=O) groups is 2. The zero-order valence-electron chi connectivity index (χ0n) is 17.4. The molecule has 158 valence electrons. The van der Waals surface area contributed by atoms with E-state index in [9.17, 15) is 14.7 Å². The molecule has 0 aliphatic carbocycles. The van der Waals surface area contributed by atoms with Crippen molar-refractivity contribution in [2.24, 2.45) is 5.92 Å². The Morgan fingerprint density at radius 1 is 1.00 bits per heavy atom. The fourth-order valence-electron chi connectivity index (χ4n) is 4.81. The molecule has 0 aromatic heterocycles. The van der Waals surface area contributed by atoms with Gasteiger partial charge in [0.05, 0.1) is 0 Å². The molecule has 0 spiro atoms. The number of hydrogen-bond donors (Lipinski definition) is 1. The van der Waals surface area contributed by atoms with E-state index in [0.717, 1.165) is 68.6 Å². The summed E-state index contributed by atoms with van der Waals surface area (Å²) in [6.07, 6.45) is 4.69. The van der Waals surface area contributed by atoms with Gasteiger partial charge in [-0.15, -0.1) is 0 Å². The molecule has 2 aromatic rings. The van der Waals surface area contributed by atoms with Gasteiger partial charge in [0.15, 0.2) is 0 Å². The number of benzene rings is 2. The topological polar surface area (TPSA) is 60.9 Å². The van der Waals surface area contributed by atoms with Gasteiger partial charge in [0.25, 0.3) is 0 Å². The fraction of sp³-hybridized carbons (Fsp3) is 0.440. The third-order valence-corrected chi connectivity index (χ3v) is 6.54. The number of amides is 1. The van der Waals surface area contributed by atoms with E-state index < -0.39 is 12.0 Å². The van der Waals surface area contributed by atoms with Crippen molar-refractivity contribution < 1.29 is 14.7 Å². The highest BCUT2D eigenvalue weighted by atomic mass is 16.4. The smallest absolute Gasteiger partial charge is 0.325 e. The van der Waals surface area contributed by atoms with Crippen molar-refractivity contribution in [3.8, 4) is 11.1 Å². The Kier molecular flexibility index (Phi) is 6.48. The summed E-state index contributed by atoms with van der Waals surface area (Å²) in [5, 5.41) is 10.00. The Balaban J connectivity index is 1.40. The predicted molar refractivity (Wildman–Crippen MR) is 117 cm³/mol. The second kappa shape index (κ2) is 9.43. The van der Waals surface area contributed by atoms with Gasteiger partial charge in [0.2, 0.25) is 5.91 Å². The molecule has 5 nitrogen and oxygen atoms in total. The van der Waals surface area contributed by atoms with Crippen molar-refractivity contribution in [1.82, 2.24) is 9.80 Å². The molecule has 0 saturated carbocycles. The largest absolute Gasteiger partial charge is 0.480 e. The maximum atomic E-state index is 12.2. The number of piperidine rings is 1. The molecule has 2 saturated heterocycles. The summed E-state index contributed by atoms with van der Waals surface area (Å²) in [5.41, 5.74) is 2.98. The standard InChI is InChI=1S/C25H30N2O3/c28-23-10-5-14-26(23)15-11-19-12-16-27(17-13-19)24(25(29)30)22-9-4-8-21(18-22)20-6-2-1-3-7-20/h1-4,6-9,18-19,24H,5,10-17H2,(H,29,30). The summed E-state index contributed by atoms with van der Waals surface area (Å²) in [5.74, 6) is 0.0674. The van der Waals surface area contributed by atoms with Crippen LogP contribution in [0.25, 0.3) is 11.1 Å². The molecule has 2 aliphatic rings. The monoisotopic (exact) mass is 406 g/mol. The molecule has 0 bridgehead atoms. The minimum absolute atomic E-state index is 0.289. The van der Waals surface area contributed by atoms with Crippen LogP contribution in [0.5, 0.6) is 0 Å². The van der Waals surface area contributed by atoms with Gasteiger partial charge in [-0.3, -0.25) is 14.5 Å². The van der Waals surface area contributed by atoms with Crippen LogP contribution in [0.15, 0.2) is 54.6 Å². The lowest BCUT2D eigenvalue weighted by atomic mass is 9.91. The highest BCUT2D eigenvalue weighted by Crippen LogP contribution is 2.31. The van der Waals surface area contributed by atoms with Gasteiger partial charge in [-0.1, -0.05) is 48.5 Å². The van der Waals surface area contributed by atoms with Gasteiger partial charge in [0, 0.05) is 19.5 Å². The number of hydrogen-bond acceptors (Lipinski definition) is 3. The summed E-state index contributed by atoms with van der Waals surface area (Å²) < 4.78 is 0. The lowest BCUT2D eigenvalue weighted by molar-refractivity contribution is -0.144. The van der Waals surface area contributed by atoms with Crippen LogP contribution in [-0.2, 0) is 9.59 Å². The van der Waals surface area contributed by atoms with E-state index in [2.05, 4.69) is 4.90 Å². The number of aliphatic carboxylic acids is 1. The number of nitrogens with zero attached hydrogens (tertiary/aromatic N) is 2. The van der Waals surface area contributed by atoms with E-state index in [1.807, 2.05) is 59.5 Å². The fourth-order valence-corrected chi connectivity index (χ4v) is 4.81. The Hall–Kier alpha value is -2.66. The first kappa shape index (κ1) is 20.6. The van der Waals surface area contributed by atoms with Gasteiger partial charge in [-0.2, -0.15) is 0 Å². The number of carboxylic acids is 1. The highest BCUT2D eigenvalue weighted by molar-refractivity contribution is 5.78. The SMILES string of the molecule is O=C(O)C(c1cccc(-c2ccccc2)c1)N1CCC(CCN2CCCC2=O)CC1. The molecule has 30 heavy (non-hydrogen) atoms. The predicted octanol–water partition coefficient (Wildman–Crippen LogP) is 4.20. The molecule has 2 fully saturated rings. The van der Waals surface area contributed by atoms with E-state index in [4.69, 9.17) is 0 Å². The normalized spacial score (nSPS) is 19.2. The summed E-state index contributed by atoms with van der Waals surface area (Å²) in [4.78, 5) is 28.1. The van der Waals surface area contributed by atoms with Crippen molar-refractivity contribution >= 4 is 11.9 Å². The van der Waals surface area contributed by atoms with Crippen LogP contribution >= 0.6 is 0 Å². The van der Waals surface area contributed by atoms with E-state index in [1.54, 1.807) is 0 Å². The van der Waals surface area contributed by atoms with Gasteiger partial charge >= 0.3 is 5.97 Å². The first-order chi connectivity index (χ1) is 14.6. The Morgan fingerprint density at radius 2 is 1.73 bits per heavy atom. The van der Waals surface area contributed by atoms with Gasteiger partial charge in [-0.25, -0.2) is 0 Å². The maximum Gasteiger partial charge on any atom is 0.325 e. The van der Waals surface area contributed by atoms with Gasteiger partial charge < -0.3 is 10.0 Å². The summed E-state index contributed by atoms with van der Waals surface area (Å²) in [6, 6.07) is 17.4. The zero-order chi connectivity index (χ0) is 20.9. The zero-order valence-corrected chi connectivity index (χ0v) is 17.4. The summed E-state index contributed by atoms with van der Waals surface area (Å²) in [7, 11) is 0. The van der Waals surface area contributed by atoms with Crippen LogP contribution in [0.1, 0.15) is 43.7 Å². The van der Waals surface area contributed by atoms with Gasteiger partial charge in [0.1, 0.15) is 6.04 Å². The van der Waals surface area contributed by atoms with Crippen LogP contribution in [-0.4, -0.2) is 53.0 Å². The third kappa shape index (κ3) is 4.73. The second-order valence-corrected chi connectivity index (χ2v) is 8.48. The molecule has 2 heterocycles. The first-order valence-electron chi connectivity index (χ1n) is 11.0. The molecule has 4 rings (SSSR count). The molecule has 1 amide bonds. The minimum atomic E-state index is -0.790.